The van der Waals surface area contributed by atoms with Crippen molar-refractivity contribution in [3.63, 3.8) is 0 Å². The van der Waals surface area contributed by atoms with Crippen molar-refractivity contribution in [3.05, 3.63) is 29.1 Å². The molecule has 0 radical (unpaired) electrons. The summed E-state index contributed by atoms with van der Waals surface area (Å²) < 4.78 is 45.8. The molecule has 1 aromatic rings. The number of nitrogens with zero attached hydrogens (tertiary/aromatic N) is 2. The van der Waals surface area contributed by atoms with Gasteiger partial charge in [-0.05, 0) is 44.2 Å². The summed E-state index contributed by atoms with van der Waals surface area (Å²) in [6.07, 6.45) is 8.44. The highest BCUT2D eigenvalue weighted by Crippen LogP contribution is 2.38. The van der Waals surface area contributed by atoms with Crippen molar-refractivity contribution in [2.45, 2.75) is 77.2 Å². The number of aryl methyl sites for hydroxylation is 1. The second-order valence-electron chi connectivity index (χ2n) is 9.56. The highest BCUT2D eigenvalue weighted by Gasteiger charge is 2.40. The van der Waals surface area contributed by atoms with E-state index in [4.69, 9.17) is 4.74 Å². The van der Waals surface area contributed by atoms with Crippen molar-refractivity contribution >= 4 is 15.8 Å². The Balaban J connectivity index is 1.75. The first kappa shape index (κ1) is 26.1. The van der Waals surface area contributed by atoms with Crippen molar-refractivity contribution in [2.24, 2.45) is 0 Å². The van der Waals surface area contributed by atoms with Gasteiger partial charge in [0.25, 0.3) is 0 Å². The standard InChI is InChI=1S/C25H39FN2O4S/c1-4-17-33(30,31)28-15-13-27(14-16-28)25(10-7-5-6-8-11-25)12-9-22(29)24-20(2)18-21(26)19-23(24)32-3/h18-19H,4-17H2,1-3H3. The summed E-state index contributed by atoms with van der Waals surface area (Å²) in [6, 6.07) is 2.66. The smallest absolute Gasteiger partial charge is 0.214 e. The van der Waals surface area contributed by atoms with Crippen molar-refractivity contribution < 1.29 is 22.3 Å². The molecule has 1 aliphatic carbocycles. The van der Waals surface area contributed by atoms with Gasteiger partial charge < -0.3 is 4.74 Å². The largest absolute Gasteiger partial charge is 0.496 e. The minimum Gasteiger partial charge on any atom is -0.496 e. The number of benzene rings is 1. The van der Waals surface area contributed by atoms with Crippen LogP contribution in [0.4, 0.5) is 4.39 Å². The van der Waals surface area contributed by atoms with Crippen LogP contribution in [0, 0.1) is 12.7 Å². The molecule has 186 valence electrons. The predicted octanol–water partition coefficient (Wildman–Crippen LogP) is 4.56. The lowest BCUT2D eigenvalue weighted by Crippen LogP contribution is -2.58. The van der Waals surface area contributed by atoms with E-state index in [1.807, 2.05) is 6.92 Å². The maximum absolute atomic E-state index is 13.8. The van der Waals surface area contributed by atoms with Crippen LogP contribution in [0.5, 0.6) is 5.75 Å². The Morgan fingerprint density at radius 2 is 1.73 bits per heavy atom. The minimum absolute atomic E-state index is 0.0165. The molecule has 0 atom stereocenters. The molecular formula is C25H39FN2O4S. The summed E-state index contributed by atoms with van der Waals surface area (Å²) >= 11 is 0. The third-order valence-electron chi connectivity index (χ3n) is 7.38. The molecule has 0 N–H and O–H groups in total. The van der Waals surface area contributed by atoms with Gasteiger partial charge in [0.15, 0.2) is 5.78 Å². The number of ketones is 1. The van der Waals surface area contributed by atoms with Gasteiger partial charge in [0.2, 0.25) is 10.0 Å². The van der Waals surface area contributed by atoms with Gasteiger partial charge in [-0.3, -0.25) is 9.69 Å². The van der Waals surface area contributed by atoms with E-state index in [1.54, 1.807) is 11.2 Å². The number of Topliss-reactive ketones (excluding diaryl/α,β-unsaturated/α-hetero) is 1. The number of sulfonamides is 1. The zero-order valence-electron chi connectivity index (χ0n) is 20.4. The SMILES string of the molecule is CCCS(=O)(=O)N1CCN(C2(CCC(=O)c3c(C)cc(F)cc3OC)CCCCCC2)CC1. The number of hydrogen-bond donors (Lipinski definition) is 0. The molecule has 33 heavy (non-hydrogen) atoms. The van der Waals surface area contributed by atoms with Gasteiger partial charge in [-0.15, -0.1) is 0 Å². The van der Waals surface area contributed by atoms with Gasteiger partial charge in [-0.2, -0.15) is 4.31 Å². The molecule has 0 unspecified atom stereocenters. The summed E-state index contributed by atoms with van der Waals surface area (Å²) in [6.45, 7) is 6.08. The number of methoxy groups -OCH3 is 1. The van der Waals surface area contributed by atoms with Gasteiger partial charge in [-0.25, -0.2) is 12.8 Å². The first-order valence-electron chi connectivity index (χ1n) is 12.3. The molecule has 2 fully saturated rings. The molecule has 1 aromatic carbocycles. The van der Waals surface area contributed by atoms with Gasteiger partial charge in [0.05, 0.1) is 18.4 Å². The van der Waals surface area contributed by atoms with E-state index in [1.165, 1.54) is 32.1 Å². The average Bonchev–Trinajstić information content (AvgIpc) is 3.03. The Hall–Kier alpha value is -1.51. The maximum Gasteiger partial charge on any atom is 0.214 e. The van der Waals surface area contributed by atoms with Crippen molar-refractivity contribution in [2.75, 3.05) is 39.0 Å². The van der Waals surface area contributed by atoms with Crippen LogP contribution in [0.1, 0.15) is 80.6 Å². The van der Waals surface area contributed by atoms with E-state index < -0.39 is 15.8 Å². The van der Waals surface area contributed by atoms with Gasteiger partial charge >= 0.3 is 0 Å². The van der Waals surface area contributed by atoms with Gasteiger partial charge in [-0.1, -0.05) is 32.6 Å². The average molecular weight is 483 g/mol. The lowest BCUT2D eigenvalue weighted by molar-refractivity contribution is 0.0320. The predicted molar refractivity (Wildman–Crippen MR) is 129 cm³/mol. The number of carbonyl (C=O) groups is 1. The van der Waals surface area contributed by atoms with Gasteiger partial charge in [0.1, 0.15) is 11.6 Å². The zero-order valence-corrected chi connectivity index (χ0v) is 21.2. The van der Waals surface area contributed by atoms with Crippen LogP contribution in [-0.2, 0) is 10.0 Å². The Labute approximate surface area is 198 Å². The van der Waals surface area contributed by atoms with Crippen LogP contribution in [0.25, 0.3) is 0 Å². The second kappa shape index (κ2) is 11.3. The summed E-state index contributed by atoms with van der Waals surface area (Å²) in [5.41, 5.74) is 0.980. The first-order valence-corrected chi connectivity index (χ1v) is 13.9. The Morgan fingerprint density at radius 3 is 2.30 bits per heavy atom. The molecule has 1 saturated heterocycles. The summed E-state index contributed by atoms with van der Waals surface area (Å²) in [4.78, 5) is 15.7. The molecule has 6 nitrogen and oxygen atoms in total. The minimum atomic E-state index is -3.18. The molecule has 0 bridgehead atoms. The maximum atomic E-state index is 13.8. The summed E-state index contributed by atoms with van der Waals surface area (Å²) in [5.74, 6) is 0.0715. The summed E-state index contributed by atoms with van der Waals surface area (Å²) in [5, 5.41) is 0. The molecule has 1 saturated carbocycles. The van der Waals surface area contributed by atoms with Crippen molar-refractivity contribution in [1.82, 2.24) is 9.21 Å². The third-order valence-corrected chi connectivity index (χ3v) is 9.46. The van der Waals surface area contributed by atoms with Crippen molar-refractivity contribution in [1.29, 1.82) is 0 Å². The number of carbonyl (C=O) groups excluding carboxylic acids is 1. The molecule has 0 amide bonds. The lowest BCUT2D eigenvalue weighted by atomic mass is 9.81. The molecule has 8 heteroatoms. The number of piperazine rings is 1. The third kappa shape index (κ3) is 6.14. The molecule has 1 heterocycles. The quantitative estimate of drug-likeness (QED) is 0.381. The molecule has 0 spiro atoms. The first-order chi connectivity index (χ1) is 15.7. The number of halogens is 1. The fraction of sp³-hybridized carbons (Fsp3) is 0.720. The topological polar surface area (TPSA) is 66.9 Å². The monoisotopic (exact) mass is 482 g/mol. The number of ether oxygens (including phenoxy) is 1. The van der Waals surface area contributed by atoms with Crippen LogP contribution in [0.3, 0.4) is 0 Å². The van der Waals surface area contributed by atoms with E-state index in [9.17, 15) is 17.6 Å². The van der Waals surface area contributed by atoms with Crippen LogP contribution >= 0.6 is 0 Å². The van der Waals surface area contributed by atoms with Crippen LogP contribution in [0.15, 0.2) is 12.1 Å². The molecule has 2 aliphatic rings. The van der Waals surface area contributed by atoms with Crippen LogP contribution in [0.2, 0.25) is 0 Å². The van der Waals surface area contributed by atoms with Crippen LogP contribution in [-0.4, -0.2) is 68.0 Å². The lowest BCUT2D eigenvalue weighted by Gasteiger charge is -2.48. The second-order valence-corrected chi connectivity index (χ2v) is 11.7. The Bertz CT molecular complexity index is 919. The highest BCUT2D eigenvalue weighted by molar-refractivity contribution is 7.89. The van der Waals surface area contributed by atoms with E-state index in [-0.39, 0.29) is 17.1 Å². The fourth-order valence-corrected chi connectivity index (χ4v) is 7.13. The van der Waals surface area contributed by atoms with Crippen LogP contribution < -0.4 is 4.74 Å². The molecule has 1 aliphatic heterocycles. The summed E-state index contributed by atoms with van der Waals surface area (Å²) in [7, 11) is -1.72. The number of hydrogen-bond acceptors (Lipinski definition) is 5. The normalized spacial score (nSPS) is 20.4. The fourth-order valence-electron chi connectivity index (χ4n) is 5.64. The van der Waals surface area contributed by atoms with E-state index in [0.29, 0.717) is 55.9 Å². The molecule has 3 rings (SSSR count). The van der Waals surface area contributed by atoms with E-state index in [0.717, 1.165) is 32.1 Å². The Kier molecular flexibility index (Phi) is 8.92. The van der Waals surface area contributed by atoms with E-state index >= 15 is 0 Å². The molecule has 0 aromatic heterocycles. The number of rotatable bonds is 9. The zero-order chi connectivity index (χ0) is 24.1. The molecular weight excluding hydrogens is 443 g/mol. The van der Waals surface area contributed by atoms with Crippen molar-refractivity contribution in [3.8, 4) is 5.75 Å². The van der Waals surface area contributed by atoms with Gasteiger partial charge in [0, 0.05) is 44.2 Å². The van der Waals surface area contributed by atoms with E-state index in [2.05, 4.69) is 4.90 Å². The Morgan fingerprint density at radius 1 is 1.09 bits per heavy atom. The highest BCUT2D eigenvalue weighted by atomic mass is 32.2.